The van der Waals surface area contributed by atoms with E-state index in [1.165, 1.54) is 16.8 Å². The quantitative estimate of drug-likeness (QED) is 0.112. The fourth-order valence-electron chi connectivity index (χ4n) is 6.65. The number of anilines is 2. The lowest BCUT2D eigenvalue weighted by Crippen LogP contribution is -2.36. The second-order valence-corrected chi connectivity index (χ2v) is 13.2. The van der Waals surface area contributed by atoms with E-state index in [1.54, 1.807) is 44.5 Å². The number of hydrogen-bond donors (Lipinski definition) is 5. The van der Waals surface area contributed by atoms with Gasteiger partial charge in [-0.2, -0.15) is 5.26 Å². The highest BCUT2D eigenvalue weighted by Crippen LogP contribution is 2.46. The van der Waals surface area contributed by atoms with Gasteiger partial charge in [-0.25, -0.2) is 23.7 Å². The number of carboxylic acids is 1. The maximum absolute atomic E-state index is 15.4. The highest BCUT2D eigenvalue weighted by atomic mass is 31.2. The van der Waals surface area contributed by atoms with E-state index in [9.17, 15) is 24.5 Å². The largest absolute Gasteiger partial charge is 0.477 e. The minimum Gasteiger partial charge on any atom is -0.477 e. The van der Waals surface area contributed by atoms with E-state index in [4.69, 9.17) is 9.79 Å². The second-order valence-electron chi connectivity index (χ2n) is 11.9. The van der Waals surface area contributed by atoms with Crippen LogP contribution in [0.15, 0.2) is 35.5 Å². The maximum Gasteiger partial charge on any atom is 0.470 e. The number of rotatable bonds is 9. The number of nitrogens with one attached hydrogen (secondary N) is 2. The van der Waals surface area contributed by atoms with Crippen LogP contribution in [0.5, 0.6) is 0 Å². The van der Waals surface area contributed by atoms with Crippen LogP contribution in [0.1, 0.15) is 29.3 Å². The number of hydrogen-bond acceptors (Lipinski definition) is 10. The first-order valence-corrected chi connectivity index (χ1v) is 16.4. The Bertz CT molecular complexity index is 2280. The third-order valence-electron chi connectivity index (χ3n) is 8.95. The van der Waals surface area contributed by atoms with E-state index in [2.05, 4.69) is 29.7 Å². The van der Waals surface area contributed by atoms with Crippen LogP contribution < -0.4 is 15.6 Å². The third kappa shape index (κ3) is 5.65. The van der Waals surface area contributed by atoms with Crippen molar-refractivity contribution in [2.24, 2.45) is 13.0 Å². The number of benzene rings is 1. The molecule has 0 unspecified atom stereocenters. The summed E-state index contributed by atoms with van der Waals surface area (Å²) in [5, 5.41) is 23.6. The zero-order chi connectivity index (χ0) is 34.7. The van der Waals surface area contributed by atoms with Crippen LogP contribution in [-0.2, 0) is 16.1 Å². The minimum atomic E-state index is -4.66. The molecule has 48 heavy (non-hydrogen) atoms. The number of H-pyrrole nitrogens is 1. The smallest absolute Gasteiger partial charge is 0.470 e. The number of nitriles is 1. The number of aromatic nitrogens is 4. The van der Waals surface area contributed by atoms with E-state index in [-0.39, 0.29) is 35.3 Å². The van der Waals surface area contributed by atoms with Gasteiger partial charge in [0.15, 0.2) is 0 Å². The molecule has 15 nitrogen and oxygen atoms in total. The summed E-state index contributed by atoms with van der Waals surface area (Å²) in [6.07, 6.45) is 5.05. The number of aromatic carboxylic acids is 1. The molecule has 250 valence electrons. The Hall–Kier alpha value is -4.91. The number of carbonyl (C=O) groups is 1. The lowest BCUT2D eigenvalue weighted by molar-refractivity contribution is 0.0694. The van der Waals surface area contributed by atoms with Crippen molar-refractivity contribution in [3.8, 4) is 17.2 Å². The Morgan fingerprint density at radius 2 is 2.04 bits per heavy atom. The van der Waals surface area contributed by atoms with Gasteiger partial charge in [-0.05, 0) is 32.4 Å². The molecule has 0 bridgehead atoms. The summed E-state index contributed by atoms with van der Waals surface area (Å²) in [7, 11) is 0.258. The van der Waals surface area contributed by atoms with Gasteiger partial charge in [-0.15, -0.1) is 0 Å². The van der Waals surface area contributed by atoms with Crippen LogP contribution >= 0.6 is 7.82 Å². The number of nitrogens with zero attached hydrogens (tertiary/aromatic N) is 6. The molecular formula is C31H32FN8O7P. The van der Waals surface area contributed by atoms with Crippen molar-refractivity contribution in [2.45, 2.75) is 19.4 Å². The highest BCUT2D eigenvalue weighted by Gasteiger charge is 2.36. The van der Waals surface area contributed by atoms with Crippen molar-refractivity contribution < 1.29 is 33.2 Å². The number of phosphoric acid groups is 1. The Kier molecular flexibility index (Phi) is 8.44. The molecular weight excluding hydrogens is 646 g/mol. The third-order valence-corrected chi connectivity index (χ3v) is 9.41. The van der Waals surface area contributed by atoms with E-state index >= 15 is 4.39 Å². The van der Waals surface area contributed by atoms with Gasteiger partial charge in [0.05, 0.1) is 33.2 Å². The van der Waals surface area contributed by atoms with E-state index < -0.39 is 30.6 Å². The Morgan fingerprint density at radius 3 is 2.71 bits per heavy atom. The summed E-state index contributed by atoms with van der Waals surface area (Å²) in [6, 6.07) is 4.63. The summed E-state index contributed by atoms with van der Waals surface area (Å²) >= 11 is 0. The van der Waals surface area contributed by atoms with E-state index in [0.717, 1.165) is 0 Å². The monoisotopic (exact) mass is 678 g/mol. The molecule has 0 amide bonds. The number of fused-ring (bicyclic) bond motifs is 4. The molecule has 1 aromatic carbocycles. The zero-order valence-corrected chi connectivity index (χ0v) is 27.2. The molecule has 0 aliphatic carbocycles. The molecule has 1 aliphatic heterocycles. The van der Waals surface area contributed by atoms with Gasteiger partial charge in [-0.3, -0.25) is 14.2 Å². The molecule has 1 aliphatic rings. The number of pyridine rings is 3. The van der Waals surface area contributed by atoms with Crippen molar-refractivity contribution >= 4 is 58.1 Å². The molecule has 1 saturated heterocycles. The molecule has 5 heterocycles. The van der Waals surface area contributed by atoms with E-state index in [0.29, 0.717) is 63.9 Å². The first kappa shape index (κ1) is 33.0. The molecule has 4 aromatic heterocycles. The lowest BCUT2D eigenvalue weighted by Gasteiger charge is -2.31. The summed E-state index contributed by atoms with van der Waals surface area (Å²) in [4.78, 5) is 59.6. The maximum atomic E-state index is 15.4. The molecule has 1 fully saturated rings. The van der Waals surface area contributed by atoms with Gasteiger partial charge in [0.1, 0.15) is 35.5 Å². The molecule has 5 N–H and O–H groups in total. The van der Waals surface area contributed by atoms with Crippen molar-refractivity contribution in [1.29, 1.82) is 5.26 Å². The number of phosphoric ester groups is 1. The SMILES string of the molecule is CNc1cc(F)c(C#N)c2c1[nH]c1ncc(-c3cnc4c(c3)c(=O)c(C(=O)O)cn4C)c(N3CC[C@@H](CN(C)COP(=O)(O)O)[C@H]3C)c12. The van der Waals surface area contributed by atoms with Gasteiger partial charge < -0.3 is 34.7 Å². The van der Waals surface area contributed by atoms with Crippen molar-refractivity contribution in [1.82, 2.24) is 24.4 Å². The average Bonchev–Trinajstić information content (AvgIpc) is 3.60. The topological polar surface area (TPSA) is 210 Å². The van der Waals surface area contributed by atoms with Crippen LogP contribution in [0, 0.1) is 23.1 Å². The predicted octanol–water partition coefficient (Wildman–Crippen LogP) is 3.59. The molecule has 6 rings (SSSR count). The predicted molar refractivity (Wildman–Crippen MR) is 176 cm³/mol. The zero-order valence-electron chi connectivity index (χ0n) is 26.4. The van der Waals surface area contributed by atoms with Crippen molar-refractivity contribution in [2.75, 3.05) is 44.1 Å². The number of halogens is 1. The van der Waals surface area contributed by atoms with Gasteiger partial charge in [0.2, 0.25) is 5.43 Å². The first-order chi connectivity index (χ1) is 22.7. The van der Waals surface area contributed by atoms with Gasteiger partial charge in [0, 0.05) is 74.4 Å². The van der Waals surface area contributed by atoms with Crippen LogP contribution in [0.3, 0.4) is 0 Å². The number of aromatic amines is 1. The second kappa shape index (κ2) is 12.3. The summed E-state index contributed by atoms with van der Waals surface area (Å²) < 4.78 is 32.8. The molecule has 17 heteroatoms. The summed E-state index contributed by atoms with van der Waals surface area (Å²) in [5.74, 6) is -2.09. The Morgan fingerprint density at radius 1 is 1.29 bits per heavy atom. The molecule has 0 radical (unpaired) electrons. The summed E-state index contributed by atoms with van der Waals surface area (Å²) in [5.41, 5.74) is 1.85. The number of carboxylic acid groups (broad SMARTS) is 1. The first-order valence-electron chi connectivity index (χ1n) is 14.9. The Balaban J connectivity index is 1.59. The van der Waals surface area contributed by atoms with Gasteiger partial charge >= 0.3 is 13.8 Å². The van der Waals surface area contributed by atoms with E-state index in [1.807, 2.05) is 13.0 Å². The molecule has 0 spiro atoms. The van der Waals surface area contributed by atoms with Crippen LogP contribution in [0.2, 0.25) is 0 Å². The van der Waals surface area contributed by atoms with Gasteiger partial charge in [0.25, 0.3) is 0 Å². The summed E-state index contributed by atoms with van der Waals surface area (Å²) in [6.45, 7) is 2.66. The standard InChI is InChI=1S/C31H32FN8O7P/c1-15-16(12-38(3)14-47-48(44,45)46)5-6-40(15)27-20(17-7-18-28(41)21(31(42)43)13-39(4)30(18)36-10-17)11-35-29-25(27)24-19(9-33)22(32)8-23(34-2)26(24)37-29/h7-8,10-11,13,15-16,34H,5-6,12,14H2,1-4H3,(H,35,37)(H,42,43)(H2,44,45,46)/t15-,16+/m1/s1. The van der Waals surface area contributed by atoms with Crippen molar-refractivity contribution in [3.63, 3.8) is 0 Å². The molecule has 2 atom stereocenters. The fraction of sp³-hybridized carbons (Fsp3) is 0.323. The highest BCUT2D eigenvalue weighted by molar-refractivity contribution is 7.46. The Labute approximate surface area is 272 Å². The lowest BCUT2D eigenvalue weighted by atomic mass is 9.97. The van der Waals surface area contributed by atoms with Gasteiger partial charge in [-0.1, -0.05) is 0 Å². The molecule has 0 saturated carbocycles. The number of aryl methyl sites for hydroxylation is 1. The fourth-order valence-corrected chi connectivity index (χ4v) is 7.00. The minimum absolute atomic E-state index is 0.00293. The molecule has 5 aromatic rings. The normalized spacial score (nSPS) is 16.8. The van der Waals surface area contributed by atoms with Crippen LogP contribution in [0.4, 0.5) is 15.8 Å². The van der Waals surface area contributed by atoms with Crippen LogP contribution in [-0.4, -0.2) is 85.2 Å². The van der Waals surface area contributed by atoms with Crippen LogP contribution in [0.25, 0.3) is 44.1 Å². The van der Waals surface area contributed by atoms with Crippen molar-refractivity contribution in [3.05, 3.63) is 57.9 Å². The average molecular weight is 679 g/mol.